The Balaban J connectivity index is 1.32. The highest BCUT2D eigenvalue weighted by atomic mass is 32.2. The predicted octanol–water partition coefficient (Wildman–Crippen LogP) is 3.85. The van der Waals surface area contributed by atoms with Crippen LogP contribution in [0.25, 0.3) is 0 Å². The molecule has 4 rings (SSSR count). The van der Waals surface area contributed by atoms with Gasteiger partial charge in [-0.2, -0.15) is 20.5 Å². The first-order valence-corrected chi connectivity index (χ1v) is 17.2. The average molecular weight is 618 g/mol. The lowest BCUT2D eigenvalue weighted by Gasteiger charge is -2.31. The Kier molecular flexibility index (Phi) is 11.2. The van der Waals surface area contributed by atoms with Crippen molar-refractivity contribution in [2.24, 2.45) is 5.92 Å². The van der Waals surface area contributed by atoms with Crippen LogP contribution in [0.2, 0.25) is 0 Å². The number of benzene rings is 1. The monoisotopic (exact) mass is 617 g/mol. The number of thioether (sulfide) groups is 1. The molecule has 3 fully saturated rings. The zero-order chi connectivity index (χ0) is 29.6. The fraction of sp³-hybridized carbons (Fsp3) is 0.704. The molecule has 0 spiro atoms. The van der Waals surface area contributed by atoms with Crippen molar-refractivity contribution in [2.75, 3.05) is 23.4 Å². The summed E-state index contributed by atoms with van der Waals surface area (Å²) in [6, 6.07) is 3.29. The van der Waals surface area contributed by atoms with E-state index in [1.807, 2.05) is 0 Å². The number of nitrogens with zero attached hydrogens (tertiary/aromatic N) is 1. The van der Waals surface area contributed by atoms with Gasteiger partial charge in [0.15, 0.2) is 0 Å². The Bertz CT molecular complexity index is 1120. The predicted molar refractivity (Wildman–Crippen MR) is 155 cm³/mol. The van der Waals surface area contributed by atoms with E-state index in [1.54, 1.807) is 11.8 Å². The van der Waals surface area contributed by atoms with E-state index in [9.17, 15) is 22.9 Å². The van der Waals surface area contributed by atoms with Gasteiger partial charge in [0.2, 0.25) is 11.8 Å². The van der Waals surface area contributed by atoms with E-state index in [0.717, 1.165) is 43.4 Å². The molecule has 1 aromatic carbocycles. The molecule has 0 bridgehead atoms. The topological polar surface area (TPSA) is 143 Å². The summed E-state index contributed by atoms with van der Waals surface area (Å²) in [4.78, 5) is 45.2. The largest absolute Gasteiger partial charge is 0.399 e. The molecule has 1 aliphatic carbocycles. The van der Waals surface area contributed by atoms with Crippen LogP contribution < -0.4 is 21.5 Å². The van der Waals surface area contributed by atoms with Gasteiger partial charge in [-0.1, -0.05) is 51.0 Å². The number of aryl methyl sites for hydroxylation is 1. The van der Waals surface area contributed by atoms with Gasteiger partial charge in [0.05, 0.1) is 29.6 Å². The number of hydrogen-bond donors (Lipinski definition) is 6. The van der Waals surface area contributed by atoms with Crippen LogP contribution in [-0.4, -0.2) is 62.9 Å². The van der Waals surface area contributed by atoms with Crippen LogP contribution in [0, 0.1) is 5.92 Å². The van der Waals surface area contributed by atoms with Crippen LogP contribution in [0.15, 0.2) is 18.2 Å². The third-order valence-corrected chi connectivity index (χ3v) is 10.3. The maximum absolute atomic E-state index is 14.4. The van der Waals surface area contributed by atoms with E-state index in [1.165, 1.54) is 57.1 Å². The van der Waals surface area contributed by atoms with Crippen LogP contribution in [-0.2, 0) is 26.2 Å². The van der Waals surface area contributed by atoms with Crippen LogP contribution in [0.4, 0.5) is 14.5 Å². The molecule has 3 aliphatic rings. The number of halogens is 2. The van der Waals surface area contributed by atoms with E-state index >= 15 is 0 Å². The maximum Gasteiger partial charge on any atom is 0.399 e. The summed E-state index contributed by atoms with van der Waals surface area (Å²) in [5.41, 5.74) is 1.47. The molecule has 3 atom stereocenters. The van der Waals surface area contributed by atoms with Crippen LogP contribution in [0.5, 0.6) is 0 Å². The highest BCUT2D eigenvalue weighted by molar-refractivity contribution is 7.99. The number of fused-ring (bicyclic) bond motifs is 1. The Morgan fingerprint density at radius 1 is 1.17 bits per heavy atom. The van der Waals surface area contributed by atoms with Crippen LogP contribution in [0.3, 0.4) is 0 Å². The van der Waals surface area contributed by atoms with E-state index in [4.69, 9.17) is 9.79 Å². The number of rotatable bonds is 11. The van der Waals surface area contributed by atoms with Gasteiger partial charge in [-0.15, -0.1) is 0 Å². The summed E-state index contributed by atoms with van der Waals surface area (Å²) in [5.74, 6) is 1.74. The van der Waals surface area contributed by atoms with Gasteiger partial charge in [-0.25, -0.2) is 10.9 Å². The van der Waals surface area contributed by atoms with E-state index in [0.29, 0.717) is 5.56 Å². The minimum Gasteiger partial charge on any atom is -0.350 e. The normalized spacial score (nSPS) is 24.5. The van der Waals surface area contributed by atoms with Gasteiger partial charge in [0.1, 0.15) is 0 Å². The second kappa shape index (κ2) is 14.2. The smallest absolute Gasteiger partial charge is 0.350 e. The number of carbonyl (C=O) groups is 2. The summed E-state index contributed by atoms with van der Waals surface area (Å²) in [6.07, 6.45) is 10.8. The second-order valence-corrected chi connectivity index (χ2v) is 14.1. The summed E-state index contributed by atoms with van der Waals surface area (Å²) < 4.78 is 40.2. The van der Waals surface area contributed by atoms with Crippen molar-refractivity contribution in [1.29, 1.82) is 0 Å². The summed E-state index contributed by atoms with van der Waals surface area (Å²) >= 11 is 1.80. The number of hydrazine groups is 1. The fourth-order valence-corrected chi connectivity index (χ4v) is 7.60. The van der Waals surface area contributed by atoms with Crippen molar-refractivity contribution in [3.8, 4) is 0 Å². The number of nitrogens with one attached hydrogen (secondary N) is 4. The highest BCUT2D eigenvalue weighted by Gasteiger charge is 2.51. The number of amides is 2. The van der Waals surface area contributed by atoms with Crippen molar-refractivity contribution in [2.45, 2.75) is 95.2 Å². The van der Waals surface area contributed by atoms with Crippen LogP contribution >= 0.6 is 19.4 Å². The van der Waals surface area contributed by atoms with Gasteiger partial charge in [-0.3, -0.25) is 19.1 Å². The Morgan fingerprint density at radius 3 is 2.63 bits per heavy atom. The quantitative estimate of drug-likeness (QED) is 0.204. The minimum absolute atomic E-state index is 0.0332. The lowest BCUT2D eigenvalue weighted by Crippen LogP contribution is -2.55. The number of carbonyl (C=O) groups excluding carboxylic acids is 2. The van der Waals surface area contributed by atoms with Gasteiger partial charge in [0.25, 0.3) is 0 Å². The SMILES string of the molecule is CC(=O)Nc1cc(CCC(=O)NC2CSCCN3C(CCCC4CCCCC4)NNC23)ccc1C(F)(F)P(=O)(O)O. The zero-order valence-electron chi connectivity index (χ0n) is 23.4. The molecule has 2 heterocycles. The zero-order valence-corrected chi connectivity index (χ0v) is 25.1. The Morgan fingerprint density at radius 2 is 1.93 bits per heavy atom. The van der Waals surface area contributed by atoms with Gasteiger partial charge in [-0.05, 0) is 36.5 Å². The van der Waals surface area contributed by atoms with Gasteiger partial charge >= 0.3 is 13.3 Å². The Labute approximate surface area is 244 Å². The van der Waals surface area contributed by atoms with Crippen molar-refractivity contribution in [3.63, 3.8) is 0 Å². The summed E-state index contributed by atoms with van der Waals surface area (Å²) in [6.45, 7) is 2.04. The van der Waals surface area contributed by atoms with Crippen molar-refractivity contribution in [1.82, 2.24) is 21.1 Å². The van der Waals surface area contributed by atoms with Gasteiger partial charge in [0, 0.05) is 31.4 Å². The molecule has 1 saturated carbocycles. The molecule has 41 heavy (non-hydrogen) atoms. The molecule has 1 aromatic rings. The first kappa shape index (κ1) is 32.3. The summed E-state index contributed by atoms with van der Waals surface area (Å²) in [7, 11) is -5.82. The van der Waals surface area contributed by atoms with Crippen molar-refractivity contribution >= 4 is 36.9 Å². The molecule has 230 valence electrons. The van der Waals surface area contributed by atoms with E-state index in [-0.39, 0.29) is 37.1 Å². The van der Waals surface area contributed by atoms with E-state index in [2.05, 4.69) is 26.4 Å². The molecule has 14 heteroatoms. The number of hydrogen-bond acceptors (Lipinski definition) is 7. The summed E-state index contributed by atoms with van der Waals surface area (Å²) in [5, 5.41) is 5.36. The molecule has 0 radical (unpaired) electrons. The molecular formula is C27H42F2N5O5PS. The third kappa shape index (κ3) is 8.49. The molecule has 10 nitrogen and oxygen atoms in total. The molecule has 3 unspecified atom stereocenters. The Hall–Kier alpha value is -1.60. The molecule has 2 aliphatic heterocycles. The average Bonchev–Trinajstić information content (AvgIpc) is 3.20. The number of anilines is 1. The van der Waals surface area contributed by atoms with Gasteiger partial charge < -0.3 is 20.4 Å². The van der Waals surface area contributed by atoms with Crippen molar-refractivity contribution < 1.29 is 32.7 Å². The van der Waals surface area contributed by atoms with Crippen molar-refractivity contribution in [3.05, 3.63) is 29.3 Å². The standard InChI is InChI=1S/C27H42F2N5O5PS/c1-18(35)30-22-16-20(10-12-21(22)27(28,29)40(37,38)39)11-13-25(36)31-23-17-41-15-14-34-24(32-33-26(23)34)9-5-8-19-6-3-2-4-7-19/h10,12,16,19,23-24,26,32-33H,2-9,11,13-15,17H2,1H3,(H,30,35)(H,31,36)(H2,37,38,39). The maximum atomic E-state index is 14.4. The molecular weight excluding hydrogens is 575 g/mol. The highest BCUT2D eigenvalue weighted by Crippen LogP contribution is 2.60. The molecule has 2 amide bonds. The second-order valence-electron chi connectivity index (χ2n) is 11.3. The van der Waals surface area contributed by atoms with Crippen LogP contribution in [0.1, 0.15) is 75.8 Å². The lowest BCUT2D eigenvalue weighted by atomic mass is 9.85. The third-order valence-electron chi connectivity index (χ3n) is 8.21. The first-order chi connectivity index (χ1) is 19.5. The number of alkyl halides is 2. The molecule has 6 N–H and O–H groups in total. The minimum atomic E-state index is -5.82. The molecule has 2 saturated heterocycles. The lowest BCUT2D eigenvalue weighted by molar-refractivity contribution is -0.122. The molecule has 0 aromatic heterocycles. The van der Waals surface area contributed by atoms with E-state index < -0.39 is 30.4 Å². The first-order valence-electron chi connectivity index (χ1n) is 14.4. The fourth-order valence-electron chi connectivity index (χ4n) is 6.07.